The Morgan fingerprint density at radius 1 is 0.895 bits per heavy atom. The molecule has 4 N–H and O–H groups in total. The second kappa shape index (κ2) is 4.94. The Balaban J connectivity index is 1.72. The van der Waals surface area contributed by atoms with E-state index in [1.807, 2.05) is 18.2 Å². The lowest BCUT2D eigenvalue weighted by Gasteiger charge is -2.29. The Kier molecular flexibility index (Phi) is 3.13. The van der Waals surface area contributed by atoms with Crippen LogP contribution in [0.1, 0.15) is 16.7 Å². The van der Waals surface area contributed by atoms with Crippen LogP contribution in [0, 0.1) is 0 Å². The van der Waals surface area contributed by atoms with Crippen molar-refractivity contribution in [2.75, 3.05) is 18.0 Å². The number of hydrogen-bond donors (Lipinski definition) is 2. The van der Waals surface area contributed by atoms with E-state index in [1.54, 1.807) is 0 Å². The molecule has 1 aliphatic heterocycles. The summed E-state index contributed by atoms with van der Waals surface area (Å²) in [6.45, 7) is 3.06. The average Bonchev–Trinajstić information content (AvgIpc) is 2.42. The molecule has 19 heavy (non-hydrogen) atoms. The van der Waals surface area contributed by atoms with E-state index in [9.17, 15) is 0 Å². The highest BCUT2D eigenvalue weighted by Gasteiger charge is 2.16. The quantitative estimate of drug-likeness (QED) is 0.808. The Morgan fingerprint density at radius 2 is 1.63 bits per heavy atom. The summed E-state index contributed by atoms with van der Waals surface area (Å²) in [5.74, 6) is 0. The molecule has 3 rings (SSSR count). The molecule has 0 fully saturated rings. The Labute approximate surface area is 113 Å². The van der Waals surface area contributed by atoms with Crippen LogP contribution in [-0.4, -0.2) is 11.4 Å². The van der Waals surface area contributed by atoms with Crippen molar-refractivity contribution in [3.8, 4) is 0 Å². The van der Waals surface area contributed by atoms with Crippen LogP contribution in [0.4, 0.5) is 11.4 Å². The van der Waals surface area contributed by atoms with Gasteiger partial charge in [0.15, 0.2) is 0 Å². The summed E-state index contributed by atoms with van der Waals surface area (Å²) in [5.41, 5.74) is 17.3. The zero-order valence-electron chi connectivity index (χ0n) is 11.0. The van der Waals surface area contributed by atoms with Gasteiger partial charge in [0.05, 0.1) is 0 Å². The van der Waals surface area contributed by atoms with Crippen molar-refractivity contribution in [1.82, 2.24) is 4.90 Å². The van der Waals surface area contributed by atoms with Crippen LogP contribution in [0.3, 0.4) is 0 Å². The van der Waals surface area contributed by atoms with Gasteiger partial charge in [-0.05, 0) is 47.4 Å². The maximum atomic E-state index is 5.83. The highest BCUT2D eigenvalue weighted by Crippen LogP contribution is 2.22. The van der Waals surface area contributed by atoms with Crippen molar-refractivity contribution in [1.29, 1.82) is 0 Å². The molecule has 3 nitrogen and oxygen atoms in total. The largest absolute Gasteiger partial charge is 0.399 e. The average molecular weight is 253 g/mol. The van der Waals surface area contributed by atoms with Gasteiger partial charge in [0.25, 0.3) is 0 Å². The molecule has 0 radical (unpaired) electrons. The third-order valence-electron chi connectivity index (χ3n) is 3.71. The standard InChI is InChI=1S/C16H19N3/c17-15-4-1-12(2-5-15)10-19-8-7-13-9-16(18)6-3-14(13)11-19/h1-6,9H,7-8,10-11,17-18H2. The highest BCUT2D eigenvalue weighted by atomic mass is 15.1. The maximum Gasteiger partial charge on any atom is 0.0316 e. The molecule has 0 spiro atoms. The van der Waals surface area contributed by atoms with Gasteiger partial charge in [-0.1, -0.05) is 18.2 Å². The van der Waals surface area contributed by atoms with Crippen LogP contribution < -0.4 is 11.5 Å². The number of nitrogens with two attached hydrogens (primary N) is 2. The van der Waals surface area contributed by atoms with Crippen LogP contribution >= 0.6 is 0 Å². The molecular weight excluding hydrogens is 234 g/mol. The van der Waals surface area contributed by atoms with E-state index >= 15 is 0 Å². The summed E-state index contributed by atoms with van der Waals surface area (Å²) < 4.78 is 0. The fourth-order valence-corrected chi connectivity index (χ4v) is 2.65. The second-order valence-electron chi connectivity index (χ2n) is 5.23. The second-order valence-corrected chi connectivity index (χ2v) is 5.23. The lowest BCUT2D eigenvalue weighted by molar-refractivity contribution is 0.245. The van der Waals surface area contributed by atoms with Crippen LogP contribution in [0.5, 0.6) is 0 Å². The van der Waals surface area contributed by atoms with E-state index in [-0.39, 0.29) is 0 Å². The molecule has 98 valence electrons. The first-order chi connectivity index (χ1) is 9.20. The fraction of sp³-hybridized carbons (Fsp3) is 0.250. The molecule has 3 heteroatoms. The van der Waals surface area contributed by atoms with Crippen molar-refractivity contribution in [3.63, 3.8) is 0 Å². The summed E-state index contributed by atoms with van der Waals surface area (Å²) >= 11 is 0. The third-order valence-corrected chi connectivity index (χ3v) is 3.71. The molecule has 0 saturated carbocycles. The summed E-state index contributed by atoms with van der Waals surface area (Å²) in [5, 5.41) is 0. The number of fused-ring (bicyclic) bond motifs is 1. The normalized spacial score (nSPS) is 15.2. The van der Waals surface area contributed by atoms with E-state index in [2.05, 4.69) is 29.2 Å². The van der Waals surface area contributed by atoms with E-state index in [1.165, 1.54) is 16.7 Å². The molecule has 2 aromatic rings. The monoisotopic (exact) mass is 253 g/mol. The predicted molar refractivity (Wildman–Crippen MR) is 79.5 cm³/mol. The van der Waals surface area contributed by atoms with Gasteiger partial charge in [-0.2, -0.15) is 0 Å². The SMILES string of the molecule is Nc1ccc(CN2CCc3cc(N)ccc3C2)cc1. The van der Waals surface area contributed by atoms with Crippen LogP contribution in [0.25, 0.3) is 0 Å². The van der Waals surface area contributed by atoms with Gasteiger partial charge in [-0.15, -0.1) is 0 Å². The number of nitrogens with zero attached hydrogens (tertiary/aromatic N) is 1. The summed E-state index contributed by atoms with van der Waals surface area (Å²) in [7, 11) is 0. The maximum absolute atomic E-state index is 5.83. The molecule has 0 bridgehead atoms. The van der Waals surface area contributed by atoms with E-state index in [4.69, 9.17) is 11.5 Å². The smallest absolute Gasteiger partial charge is 0.0316 e. The van der Waals surface area contributed by atoms with Crippen molar-refractivity contribution < 1.29 is 0 Å². The predicted octanol–water partition coefficient (Wildman–Crippen LogP) is 2.41. The first-order valence-electron chi connectivity index (χ1n) is 6.65. The lowest BCUT2D eigenvalue weighted by Crippen LogP contribution is -2.30. The van der Waals surface area contributed by atoms with Crippen molar-refractivity contribution in [2.45, 2.75) is 19.5 Å². The van der Waals surface area contributed by atoms with Crippen molar-refractivity contribution in [2.24, 2.45) is 0 Å². The minimum absolute atomic E-state index is 0.822. The Bertz CT molecular complexity index is 575. The van der Waals surface area contributed by atoms with Gasteiger partial charge in [-0.25, -0.2) is 0 Å². The van der Waals surface area contributed by atoms with Crippen molar-refractivity contribution in [3.05, 3.63) is 59.2 Å². The number of anilines is 2. The van der Waals surface area contributed by atoms with E-state index < -0.39 is 0 Å². The molecule has 0 saturated heterocycles. The Morgan fingerprint density at radius 3 is 2.42 bits per heavy atom. The zero-order valence-corrected chi connectivity index (χ0v) is 11.0. The minimum Gasteiger partial charge on any atom is -0.399 e. The zero-order chi connectivity index (χ0) is 13.2. The van der Waals surface area contributed by atoms with Crippen LogP contribution in [0.2, 0.25) is 0 Å². The number of rotatable bonds is 2. The first kappa shape index (κ1) is 12.1. The topological polar surface area (TPSA) is 55.3 Å². The number of hydrogen-bond acceptors (Lipinski definition) is 3. The summed E-state index contributed by atoms with van der Waals surface area (Å²) in [4.78, 5) is 2.46. The van der Waals surface area contributed by atoms with E-state index in [0.29, 0.717) is 0 Å². The van der Waals surface area contributed by atoms with Crippen LogP contribution in [0.15, 0.2) is 42.5 Å². The first-order valence-corrected chi connectivity index (χ1v) is 6.65. The number of benzene rings is 2. The number of nitrogen functional groups attached to an aromatic ring is 2. The summed E-state index contributed by atoms with van der Waals surface area (Å²) in [6, 6.07) is 14.4. The Hall–Kier alpha value is -2.00. The van der Waals surface area contributed by atoms with Crippen molar-refractivity contribution >= 4 is 11.4 Å². The molecule has 0 aromatic heterocycles. The minimum atomic E-state index is 0.822. The molecule has 1 aliphatic rings. The van der Waals surface area contributed by atoms with E-state index in [0.717, 1.165) is 37.4 Å². The van der Waals surface area contributed by atoms with Gasteiger partial charge < -0.3 is 11.5 Å². The molecule has 0 amide bonds. The van der Waals surface area contributed by atoms with Gasteiger partial charge in [-0.3, -0.25) is 4.90 Å². The van der Waals surface area contributed by atoms with Gasteiger partial charge in [0.2, 0.25) is 0 Å². The summed E-state index contributed by atoms with van der Waals surface area (Å²) in [6.07, 6.45) is 1.08. The molecular formula is C16H19N3. The van der Waals surface area contributed by atoms with Gasteiger partial charge >= 0.3 is 0 Å². The molecule has 2 aromatic carbocycles. The molecule has 0 aliphatic carbocycles. The molecule has 1 heterocycles. The fourth-order valence-electron chi connectivity index (χ4n) is 2.65. The van der Waals surface area contributed by atoms with Crippen LogP contribution in [-0.2, 0) is 19.5 Å². The van der Waals surface area contributed by atoms with Gasteiger partial charge in [0, 0.05) is 31.0 Å². The molecule has 0 unspecified atom stereocenters. The third kappa shape index (κ3) is 2.71. The van der Waals surface area contributed by atoms with Gasteiger partial charge in [0.1, 0.15) is 0 Å². The lowest BCUT2D eigenvalue weighted by atomic mass is 9.98. The molecule has 0 atom stereocenters. The highest BCUT2D eigenvalue weighted by molar-refractivity contribution is 5.45.